The lowest BCUT2D eigenvalue weighted by Gasteiger charge is -2.75. The lowest BCUT2D eigenvalue weighted by atomic mass is 9.36. The topological polar surface area (TPSA) is 91.3 Å². The number of Topliss-reactive ketones (excluding diaryl/α,β-unsaturated/α-hetero) is 2. The monoisotopic (exact) mass is 430 g/mol. The van der Waals surface area contributed by atoms with Gasteiger partial charge in [0.15, 0.2) is 17.3 Å². The van der Waals surface area contributed by atoms with Crippen molar-refractivity contribution in [2.75, 3.05) is 13.7 Å². The van der Waals surface area contributed by atoms with Crippen LogP contribution in [0.3, 0.4) is 0 Å². The molecule has 7 heteroatoms. The highest BCUT2D eigenvalue weighted by molar-refractivity contribution is 6.08. The number of carbonyl (C=O) groups excluding carboxylic acids is 2. The zero-order valence-electron chi connectivity index (χ0n) is 18.7. The van der Waals surface area contributed by atoms with E-state index in [2.05, 4.69) is 6.58 Å². The summed E-state index contributed by atoms with van der Waals surface area (Å²) in [6.07, 6.45) is 1.42. The number of ether oxygens (including phenoxy) is 4. The fourth-order valence-corrected chi connectivity index (χ4v) is 8.52. The van der Waals surface area contributed by atoms with Gasteiger partial charge in [-0.05, 0) is 49.7 Å². The fourth-order valence-electron chi connectivity index (χ4n) is 8.52. The Morgan fingerprint density at radius 1 is 1.16 bits per heavy atom. The molecule has 0 radical (unpaired) electrons. The Hall–Kier alpha value is -1.54. The smallest absolute Gasteiger partial charge is 0.213 e. The number of aliphatic hydroxyl groups is 1. The molecule has 3 saturated heterocycles. The van der Waals surface area contributed by atoms with Crippen molar-refractivity contribution in [3.63, 3.8) is 0 Å². The number of fused-ring (bicyclic) bond motifs is 1. The van der Waals surface area contributed by atoms with E-state index >= 15 is 0 Å². The summed E-state index contributed by atoms with van der Waals surface area (Å²) < 4.78 is 24.7. The van der Waals surface area contributed by atoms with Crippen molar-refractivity contribution in [3.8, 4) is 0 Å². The van der Waals surface area contributed by atoms with Gasteiger partial charge < -0.3 is 24.1 Å². The zero-order chi connectivity index (χ0) is 22.4. The van der Waals surface area contributed by atoms with E-state index in [1.165, 1.54) is 7.11 Å². The number of aliphatic hydroxyl groups excluding tert-OH is 1. The molecule has 1 N–H and O–H groups in total. The third-order valence-corrected chi connectivity index (χ3v) is 9.21. The molecule has 3 aliphatic heterocycles. The molecule has 7 aliphatic rings. The van der Waals surface area contributed by atoms with Gasteiger partial charge in [0.2, 0.25) is 11.6 Å². The van der Waals surface area contributed by atoms with Gasteiger partial charge in [0.25, 0.3) is 0 Å². The zero-order valence-corrected chi connectivity index (χ0v) is 18.7. The van der Waals surface area contributed by atoms with Gasteiger partial charge >= 0.3 is 0 Å². The largest absolute Gasteiger partial charge is 0.493 e. The van der Waals surface area contributed by atoms with Gasteiger partial charge in [-0.15, -0.1) is 0 Å². The maximum Gasteiger partial charge on any atom is 0.213 e. The predicted octanol–water partition coefficient (Wildman–Crippen LogP) is 2.13. The minimum absolute atomic E-state index is 0.0807. The average Bonchev–Trinajstić information content (AvgIpc) is 2.80. The number of allylic oxidation sites excluding steroid dienone is 2. The van der Waals surface area contributed by atoms with Gasteiger partial charge in [-0.2, -0.15) is 0 Å². The van der Waals surface area contributed by atoms with Gasteiger partial charge in [-0.3, -0.25) is 9.59 Å². The van der Waals surface area contributed by atoms with E-state index in [0.717, 1.165) is 0 Å². The minimum atomic E-state index is -1.58. The Morgan fingerprint density at radius 3 is 2.55 bits per heavy atom. The number of methoxy groups -OCH3 is 1. The molecule has 0 aromatic rings. The average molecular weight is 430 g/mol. The van der Waals surface area contributed by atoms with Crippen LogP contribution < -0.4 is 0 Å². The van der Waals surface area contributed by atoms with Crippen LogP contribution in [0, 0.1) is 34.0 Å². The van der Waals surface area contributed by atoms with E-state index in [-0.39, 0.29) is 29.9 Å². The molecule has 3 heterocycles. The number of rotatable bonds is 1. The highest BCUT2D eigenvalue weighted by Gasteiger charge is 2.90. The van der Waals surface area contributed by atoms with Crippen LogP contribution in [-0.4, -0.2) is 54.2 Å². The number of hydrogen-bond acceptors (Lipinski definition) is 7. The molecule has 168 valence electrons. The van der Waals surface area contributed by atoms with Gasteiger partial charge in [-0.25, -0.2) is 0 Å². The van der Waals surface area contributed by atoms with Crippen LogP contribution in [0.2, 0.25) is 0 Å². The van der Waals surface area contributed by atoms with Crippen LogP contribution in [0.25, 0.3) is 0 Å². The SMILES string of the molecule is C=C1C(=O)[C@@]23[C@@H]4OC(C)(C)OC25OC[C@]2(C(=O)C(OC)=CC(C)(C)[C@H]2[C@@H]5O)[C@@H]3CC[C@@H]14. The Balaban J connectivity index is 1.70. The summed E-state index contributed by atoms with van der Waals surface area (Å²) in [5.41, 5.74) is -2.47. The maximum absolute atomic E-state index is 14.0. The first-order valence-electron chi connectivity index (χ1n) is 11.2. The molecule has 3 saturated carbocycles. The lowest BCUT2D eigenvalue weighted by molar-refractivity contribution is -0.522. The van der Waals surface area contributed by atoms with E-state index in [4.69, 9.17) is 18.9 Å². The van der Waals surface area contributed by atoms with E-state index in [1.807, 2.05) is 19.9 Å². The molecule has 3 spiro atoms. The molecule has 8 atom stereocenters. The van der Waals surface area contributed by atoms with Crippen LogP contribution in [0.15, 0.2) is 24.0 Å². The fraction of sp³-hybridized carbons (Fsp3) is 0.750. The van der Waals surface area contributed by atoms with Gasteiger partial charge in [-0.1, -0.05) is 20.4 Å². The van der Waals surface area contributed by atoms with Crippen LogP contribution in [0.5, 0.6) is 0 Å². The summed E-state index contributed by atoms with van der Waals surface area (Å²) in [5, 5.41) is 12.0. The summed E-state index contributed by atoms with van der Waals surface area (Å²) >= 11 is 0. The first-order valence-corrected chi connectivity index (χ1v) is 11.2. The molecule has 7 nitrogen and oxygen atoms in total. The molecule has 7 rings (SSSR count). The highest BCUT2D eigenvalue weighted by Crippen LogP contribution is 2.78. The predicted molar refractivity (Wildman–Crippen MR) is 107 cm³/mol. The molecular formula is C24H30O7. The molecular weight excluding hydrogens is 400 g/mol. The second-order valence-electron chi connectivity index (χ2n) is 11.3. The molecule has 0 aromatic heterocycles. The first-order chi connectivity index (χ1) is 14.4. The van der Waals surface area contributed by atoms with Crippen LogP contribution in [-0.2, 0) is 28.5 Å². The standard InChI is InChI=1S/C24H30O7/c1-11-12-7-8-14-22-10-29-24(23(14,16(11)25)19(12)30-21(4,5)31-24)18(27)15(22)20(2,3)9-13(28-6)17(22)26/h9,12,14-15,18-19,27H,1,7-8,10H2,2-6H3/t12-,14-,15+,18-,19+,22-,23-,24?/m0/s1. The van der Waals surface area contributed by atoms with Crippen LogP contribution in [0.4, 0.5) is 0 Å². The van der Waals surface area contributed by atoms with Gasteiger partial charge in [0, 0.05) is 11.8 Å². The van der Waals surface area contributed by atoms with Crippen molar-refractivity contribution in [1.82, 2.24) is 0 Å². The van der Waals surface area contributed by atoms with Crippen molar-refractivity contribution < 1.29 is 33.6 Å². The van der Waals surface area contributed by atoms with Crippen molar-refractivity contribution in [3.05, 3.63) is 24.0 Å². The Morgan fingerprint density at radius 2 is 1.87 bits per heavy atom. The lowest BCUT2D eigenvalue weighted by Crippen LogP contribution is -2.88. The third-order valence-electron chi connectivity index (χ3n) is 9.21. The molecule has 1 unspecified atom stereocenters. The minimum Gasteiger partial charge on any atom is -0.493 e. The summed E-state index contributed by atoms with van der Waals surface area (Å²) in [6, 6.07) is 0. The van der Waals surface area contributed by atoms with Crippen LogP contribution in [0.1, 0.15) is 40.5 Å². The second-order valence-corrected chi connectivity index (χ2v) is 11.3. The summed E-state index contributed by atoms with van der Waals surface area (Å²) in [5.74, 6) is -3.80. The van der Waals surface area contributed by atoms with Crippen molar-refractivity contribution >= 4 is 11.6 Å². The Kier molecular flexibility index (Phi) is 3.45. The summed E-state index contributed by atoms with van der Waals surface area (Å²) in [4.78, 5) is 27.9. The number of carbonyl (C=O) groups is 2. The van der Waals surface area contributed by atoms with Crippen molar-refractivity contribution in [2.45, 2.75) is 64.3 Å². The molecule has 4 aliphatic carbocycles. The van der Waals surface area contributed by atoms with E-state index in [9.17, 15) is 14.7 Å². The Labute approximate surface area is 181 Å². The highest BCUT2D eigenvalue weighted by atomic mass is 16.8. The van der Waals surface area contributed by atoms with E-state index in [1.54, 1.807) is 13.8 Å². The molecule has 0 aromatic carbocycles. The van der Waals surface area contributed by atoms with Crippen LogP contribution >= 0.6 is 0 Å². The first kappa shape index (κ1) is 20.1. The maximum atomic E-state index is 14.0. The van der Waals surface area contributed by atoms with Gasteiger partial charge in [0.05, 0.1) is 25.2 Å². The molecule has 31 heavy (non-hydrogen) atoms. The summed E-state index contributed by atoms with van der Waals surface area (Å²) in [7, 11) is 1.49. The summed E-state index contributed by atoms with van der Waals surface area (Å²) in [6.45, 7) is 11.8. The normalized spacial score (nSPS) is 53.0. The number of ketones is 2. The quantitative estimate of drug-likeness (QED) is 0.637. The van der Waals surface area contributed by atoms with Crippen molar-refractivity contribution in [2.24, 2.45) is 34.0 Å². The molecule has 4 bridgehead atoms. The third kappa shape index (κ3) is 1.79. The molecule has 0 amide bonds. The van der Waals surface area contributed by atoms with E-state index < -0.39 is 51.9 Å². The van der Waals surface area contributed by atoms with Gasteiger partial charge in [0.1, 0.15) is 11.5 Å². The Bertz CT molecular complexity index is 978. The second kappa shape index (κ2) is 5.33. The van der Waals surface area contributed by atoms with E-state index in [0.29, 0.717) is 18.4 Å². The molecule has 6 fully saturated rings. The van der Waals surface area contributed by atoms with Crippen molar-refractivity contribution in [1.29, 1.82) is 0 Å². The number of hydrogen-bond donors (Lipinski definition) is 1.